The predicted molar refractivity (Wildman–Crippen MR) is 119 cm³/mol. The van der Waals surface area contributed by atoms with E-state index in [1.807, 2.05) is 13.8 Å². The zero-order chi connectivity index (χ0) is 19.4. The fourth-order valence-corrected chi connectivity index (χ4v) is 4.22. The molecule has 0 saturated carbocycles. The van der Waals surface area contributed by atoms with Crippen LogP contribution in [0.2, 0.25) is 0 Å². The molecule has 0 fully saturated rings. The summed E-state index contributed by atoms with van der Waals surface area (Å²) in [6.07, 6.45) is 2.40. The highest BCUT2D eigenvalue weighted by molar-refractivity contribution is 5.33. The first kappa shape index (κ1) is 26.4. The summed E-state index contributed by atoms with van der Waals surface area (Å²) in [5.74, 6) is 0. The Labute approximate surface area is 160 Å². The lowest BCUT2D eigenvalue weighted by molar-refractivity contribution is 0.278. The van der Waals surface area contributed by atoms with Crippen LogP contribution in [0.3, 0.4) is 0 Å². The number of benzene rings is 1. The molecule has 0 spiro atoms. The molecule has 0 radical (unpaired) electrons. The normalized spacial score (nSPS) is 12.8. The topological polar surface area (TPSA) is 0 Å². The Balaban J connectivity index is 0. The molecule has 0 bridgehead atoms. The molecule has 0 aromatic heterocycles. The highest BCUT2D eigenvalue weighted by Crippen LogP contribution is 2.40. The second-order valence-electron chi connectivity index (χ2n) is 10.8. The second-order valence-corrected chi connectivity index (χ2v) is 10.8. The maximum Gasteiger partial charge on any atom is -0.00985 e. The monoisotopic (exact) mass is 348 g/mol. The van der Waals surface area contributed by atoms with Crippen LogP contribution in [0, 0.1) is 10.8 Å². The van der Waals surface area contributed by atoms with Crippen LogP contribution in [-0.2, 0) is 10.8 Å². The zero-order valence-electron chi connectivity index (χ0n) is 18.7. The molecule has 0 aliphatic carbocycles. The lowest BCUT2D eigenvalue weighted by atomic mass is 9.69. The van der Waals surface area contributed by atoms with E-state index in [9.17, 15) is 0 Å². The summed E-state index contributed by atoms with van der Waals surface area (Å²) in [4.78, 5) is 0. The van der Waals surface area contributed by atoms with Gasteiger partial charge in [0.1, 0.15) is 0 Å². The van der Waals surface area contributed by atoms with Crippen molar-refractivity contribution in [2.45, 2.75) is 114 Å². The van der Waals surface area contributed by atoms with Crippen molar-refractivity contribution in [2.24, 2.45) is 10.8 Å². The van der Waals surface area contributed by atoms with Gasteiger partial charge in [-0.05, 0) is 45.6 Å². The van der Waals surface area contributed by atoms with Crippen molar-refractivity contribution >= 4 is 0 Å². The third-order valence-corrected chi connectivity index (χ3v) is 4.37. The molecule has 0 aliphatic rings. The van der Waals surface area contributed by atoms with Crippen LogP contribution in [-0.4, -0.2) is 0 Å². The molecule has 1 rings (SSSR count). The Bertz CT molecular complexity index is 446. The third-order valence-electron chi connectivity index (χ3n) is 4.37. The first-order valence-electron chi connectivity index (χ1n) is 9.74. The van der Waals surface area contributed by atoms with E-state index in [0.717, 1.165) is 0 Å². The van der Waals surface area contributed by atoms with Gasteiger partial charge in [0.2, 0.25) is 0 Å². The van der Waals surface area contributed by atoms with E-state index in [-0.39, 0.29) is 18.3 Å². The van der Waals surface area contributed by atoms with Gasteiger partial charge in [0.05, 0.1) is 0 Å². The van der Waals surface area contributed by atoms with Gasteiger partial charge in [0.15, 0.2) is 0 Å². The SMILES string of the molecule is C.CC.CC(C)(C)CC(C)(C)c1cccc(C(C)(C)CC(C)(C)C)c1. The van der Waals surface area contributed by atoms with Crippen LogP contribution in [0.25, 0.3) is 0 Å². The summed E-state index contributed by atoms with van der Waals surface area (Å²) in [7, 11) is 0. The zero-order valence-corrected chi connectivity index (χ0v) is 18.7. The van der Waals surface area contributed by atoms with Crippen LogP contribution in [0.5, 0.6) is 0 Å². The van der Waals surface area contributed by atoms with E-state index in [0.29, 0.717) is 10.8 Å². The van der Waals surface area contributed by atoms with Gasteiger partial charge >= 0.3 is 0 Å². The standard InChI is InChI=1S/C22H38.C2H6.CH4/c1-19(2,3)15-21(7,8)17-12-11-13-18(14-17)22(9,10)16-20(4,5)6;1-2;/h11-14H,15-16H2,1-10H3;1-2H3;1H4. The minimum Gasteiger partial charge on any atom is -0.0776 e. The summed E-state index contributed by atoms with van der Waals surface area (Å²) >= 11 is 0. The van der Waals surface area contributed by atoms with E-state index < -0.39 is 0 Å². The third kappa shape index (κ3) is 9.47. The largest absolute Gasteiger partial charge is 0.0776 e. The van der Waals surface area contributed by atoms with Gasteiger partial charge in [-0.1, -0.05) is 115 Å². The van der Waals surface area contributed by atoms with E-state index in [1.165, 1.54) is 24.0 Å². The molecular formula is C25H48. The van der Waals surface area contributed by atoms with Gasteiger partial charge in [-0.15, -0.1) is 0 Å². The van der Waals surface area contributed by atoms with Crippen molar-refractivity contribution in [3.8, 4) is 0 Å². The van der Waals surface area contributed by atoms with Crippen LogP contribution in [0.15, 0.2) is 24.3 Å². The van der Waals surface area contributed by atoms with Crippen molar-refractivity contribution in [3.05, 3.63) is 35.4 Å². The second kappa shape index (κ2) is 9.24. The fourth-order valence-electron chi connectivity index (χ4n) is 4.22. The first-order chi connectivity index (χ1) is 10.6. The van der Waals surface area contributed by atoms with Crippen LogP contribution in [0.4, 0.5) is 0 Å². The molecule has 0 nitrogen and oxygen atoms in total. The average Bonchev–Trinajstić information content (AvgIpc) is 2.36. The van der Waals surface area contributed by atoms with Gasteiger partial charge in [0, 0.05) is 0 Å². The van der Waals surface area contributed by atoms with Gasteiger partial charge in [-0.3, -0.25) is 0 Å². The smallest absolute Gasteiger partial charge is 0.00985 e. The Morgan fingerprint density at radius 1 is 0.600 bits per heavy atom. The number of hydrogen-bond acceptors (Lipinski definition) is 0. The minimum atomic E-state index is 0. The lowest BCUT2D eigenvalue weighted by Gasteiger charge is -2.36. The van der Waals surface area contributed by atoms with E-state index in [4.69, 9.17) is 0 Å². The van der Waals surface area contributed by atoms with Crippen LogP contribution < -0.4 is 0 Å². The maximum absolute atomic E-state index is 2.46. The Hall–Kier alpha value is -0.780. The summed E-state index contributed by atoms with van der Waals surface area (Å²) in [5, 5.41) is 0. The number of hydrogen-bond donors (Lipinski definition) is 0. The maximum atomic E-state index is 2.46. The fraction of sp³-hybridized carbons (Fsp3) is 0.760. The molecule has 0 saturated heterocycles. The molecule has 0 heteroatoms. The molecule has 1 aromatic rings. The Morgan fingerprint density at radius 3 is 1.12 bits per heavy atom. The quantitative estimate of drug-likeness (QED) is 0.510. The Morgan fingerprint density at radius 2 is 0.880 bits per heavy atom. The van der Waals surface area contributed by atoms with Crippen molar-refractivity contribution in [2.75, 3.05) is 0 Å². The summed E-state index contributed by atoms with van der Waals surface area (Å²) < 4.78 is 0. The molecular weight excluding hydrogens is 300 g/mol. The molecule has 0 heterocycles. The van der Waals surface area contributed by atoms with E-state index >= 15 is 0 Å². The molecule has 0 amide bonds. The summed E-state index contributed by atoms with van der Waals surface area (Å²) in [5.41, 5.74) is 4.07. The minimum absolute atomic E-state index is 0. The van der Waals surface area contributed by atoms with Crippen molar-refractivity contribution in [1.82, 2.24) is 0 Å². The van der Waals surface area contributed by atoms with Gasteiger partial charge in [-0.25, -0.2) is 0 Å². The van der Waals surface area contributed by atoms with Crippen molar-refractivity contribution < 1.29 is 0 Å². The van der Waals surface area contributed by atoms with Crippen molar-refractivity contribution in [1.29, 1.82) is 0 Å². The lowest BCUT2D eigenvalue weighted by Crippen LogP contribution is -2.27. The number of rotatable bonds is 4. The molecule has 0 N–H and O–H groups in total. The van der Waals surface area contributed by atoms with Gasteiger partial charge in [-0.2, -0.15) is 0 Å². The van der Waals surface area contributed by atoms with E-state index in [1.54, 1.807) is 0 Å². The predicted octanol–water partition coefficient (Wildman–Crippen LogP) is 8.78. The Kier molecular flexibility index (Phi) is 9.78. The van der Waals surface area contributed by atoms with Gasteiger partial charge in [0.25, 0.3) is 0 Å². The molecule has 1 aromatic carbocycles. The first-order valence-corrected chi connectivity index (χ1v) is 9.74. The molecule has 0 atom stereocenters. The highest BCUT2D eigenvalue weighted by atomic mass is 14.4. The van der Waals surface area contributed by atoms with Crippen LogP contribution >= 0.6 is 0 Å². The van der Waals surface area contributed by atoms with Crippen LogP contribution in [0.1, 0.15) is 114 Å². The highest BCUT2D eigenvalue weighted by Gasteiger charge is 2.30. The molecule has 25 heavy (non-hydrogen) atoms. The molecule has 0 aliphatic heterocycles. The summed E-state index contributed by atoms with van der Waals surface area (Å²) in [6.45, 7) is 27.5. The van der Waals surface area contributed by atoms with Gasteiger partial charge < -0.3 is 0 Å². The van der Waals surface area contributed by atoms with Crippen molar-refractivity contribution in [3.63, 3.8) is 0 Å². The average molecular weight is 349 g/mol. The molecule has 0 unspecified atom stereocenters. The molecule has 148 valence electrons. The van der Waals surface area contributed by atoms with E-state index in [2.05, 4.69) is 93.5 Å². The summed E-state index contributed by atoms with van der Waals surface area (Å²) in [6, 6.07) is 9.32.